The maximum absolute atomic E-state index is 12.4. The van der Waals surface area contributed by atoms with Gasteiger partial charge in [-0.15, -0.1) is 0 Å². The van der Waals surface area contributed by atoms with Crippen molar-refractivity contribution in [2.24, 2.45) is 5.73 Å². The van der Waals surface area contributed by atoms with Crippen LogP contribution in [-0.4, -0.2) is 13.0 Å². The Kier molecular flexibility index (Phi) is 3.39. The highest BCUT2D eigenvalue weighted by Gasteiger charge is 2.34. The van der Waals surface area contributed by atoms with E-state index in [0.29, 0.717) is 6.54 Å². The number of nitrogens with two attached hydrogens (primary N) is 1. The molecule has 1 amide bonds. The third-order valence-electron chi connectivity index (χ3n) is 3.84. The van der Waals surface area contributed by atoms with Crippen molar-refractivity contribution in [3.8, 4) is 5.75 Å². The van der Waals surface area contributed by atoms with Crippen LogP contribution in [0.4, 0.5) is 5.69 Å². The molecule has 2 aromatic rings. The minimum atomic E-state index is -0.557. The summed E-state index contributed by atoms with van der Waals surface area (Å²) < 4.78 is 5.15. The Bertz CT molecular complexity index is 680. The number of aryl methyl sites for hydroxylation is 1. The molecule has 1 aliphatic rings. The summed E-state index contributed by atoms with van der Waals surface area (Å²) in [6.07, 6.45) is 0. The summed E-state index contributed by atoms with van der Waals surface area (Å²) in [5, 5.41) is 0. The first-order valence-electron chi connectivity index (χ1n) is 6.90. The van der Waals surface area contributed by atoms with E-state index >= 15 is 0 Å². The molecule has 0 aromatic heterocycles. The topological polar surface area (TPSA) is 55.6 Å². The summed E-state index contributed by atoms with van der Waals surface area (Å²) >= 11 is 0. The number of hydrogen-bond acceptors (Lipinski definition) is 3. The van der Waals surface area contributed by atoms with E-state index in [-0.39, 0.29) is 5.91 Å². The first-order valence-corrected chi connectivity index (χ1v) is 6.90. The molecule has 108 valence electrons. The molecule has 0 spiro atoms. The van der Waals surface area contributed by atoms with E-state index in [1.54, 1.807) is 12.0 Å². The van der Waals surface area contributed by atoms with E-state index < -0.39 is 6.04 Å². The maximum Gasteiger partial charge on any atom is 0.248 e. The Hall–Kier alpha value is -2.33. The van der Waals surface area contributed by atoms with Gasteiger partial charge in [0.25, 0.3) is 0 Å². The number of nitrogens with zero attached hydrogens (tertiary/aromatic N) is 1. The van der Waals surface area contributed by atoms with Gasteiger partial charge in [0.15, 0.2) is 0 Å². The van der Waals surface area contributed by atoms with Gasteiger partial charge in [-0.1, -0.05) is 29.8 Å². The molecule has 0 aliphatic carbocycles. The second-order valence-corrected chi connectivity index (χ2v) is 5.31. The zero-order valence-electron chi connectivity index (χ0n) is 12.2. The molecule has 0 fully saturated rings. The molecule has 4 heteroatoms. The van der Waals surface area contributed by atoms with Crippen LogP contribution in [0.3, 0.4) is 0 Å². The smallest absolute Gasteiger partial charge is 0.248 e. The van der Waals surface area contributed by atoms with Gasteiger partial charge in [0.2, 0.25) is 5.91 Å². The number of hydrogen-bond donors (Lipinski definition) is 1. The molecular formula is C17H18N2O2. The Morgan fingerprint density at radius 2 is 1.90 bits per heavy atom. The minimum Gasteiger partial charge on any atom is -0.497 e. The van der Waals surface area contributed by atoms with Gasteiger partial charge < -0.3 is 15.4 Å². The number of carbonyl (C=O) groups is 1. The standard InChI is InChI=1S/C17H18N2O2/c1-11-3-8-15-14(9-11)16(18)17(20)19(15)10-12-4-6-13(21-2)7-5-12/h3-9,16H,10,18H2,1-2H3. The van der Waals surface area contributed by atoms with Crippen LogP contribution < -0.4 is 15.4 Å². The van der Waals surface area contributed by atoms with Gasteiger partial charge in [0.05, 0.1) is 13.7 Å². The van der Waals surface area contributed by atoms with Crippen LogP contribution in [0.25, 0.3) is 0 Å². The molecule has 0 bridgehead atoms. The fraction of sp³-hybridized carbons (Fsp3) is 0.235. The molecule has 0 saturated heterocycles. The Labute approximate surface area is 124 Å². The molecule has 1 heterocycles. The predicted octanol–water partition coefficient (Wildman–Crippen LogP) is 2.55. The Balaban J connectivity index is 1.90. The minimum absolute atomic E-state index is 0.0496. The highest BCUT2D eigenvalue weighted by atomic mass is 16.5. The van der Waals surface area contributed by atoms with E-state index in [0.717, 1.165) is 28.1 Å². The maximum atomic E-state index is 12.4. The number of fused-ring (bicyclic) bond motifs is 1. The molecule has 0 radical (unpaired) electrons. The van der Waals surface area contributed by atoms with Gasteiger partial charge in [-0.25, -0.2) is 0 Å². The summed E-state index contributed by atoms with van der Waals surface area (Å²) in [6, 6.07) is 13.1. The van der Waals surface area contributed by atoms with Crippen molar-refractivity contribution in [1.29, 1.82) is 0 Å². The highest BCUT2D eigenvalue weighted by molar-refractivity contribution is 6.04. The summed E-state index contributed by atoms with van der Waals surface area (Å²) in [4.78, 5) is 14.1. The lowest BCUT2D eigenvalue weighted by Gasteiger charge is -2.18. The fourth-order valence-corrected chi connectivity index (χ4v) is 2.67. The van der Waals surface area contributed by atoms with E-state index in [1.165, 1.54) is 0 Å². The van der Waals surface area contributed by atoms with Crippen LogP contribution in [0.5, 0.6) is 5.75 Å². The molecule has 1 unspecified atom stereocenters. The fourth-order valence-electron chi connectivity index (χ4n) is 2.67. The number of carbonyl (C=O) groups excluding carboxylic acids is 1. The van der Waals surface area contributed by atoms with Gasteiger partial charge in [-0.3, -0.25) is 4.79 Å². The van der Waals surface area contributed by atoms with Crippen molar-refractivity contribution in [3.63, 3.8) is 0 Å². The summed E-state index contributed by atoms with van der Waals surface area (Å²) in [5.41, 5.74) is 10.0. The SMILES string of the molecule is COc1ccc(CN2C(=O)C(N)c3cc(C)ccc32)cc1. The molecular weight excluding hydrogens is 264 g/mol. The first kappa shape index (κ1) is 13.6. The lowest BCUT2D eigenvalue weighted by Crippen LogP contribution is -2.31. The van der Waals surface area contributed by atoms with Crippen LogP contribution in [0.15, 0.2) is 42.5 Å². The average molecular weight is 282 g/mol. The van der Waals surface area contributed by atoms with E-state index in [1.807, 2.05) is 49.4 Å². The van der Waals surface area contributed by atoms with Crippen LogP contribution in [-0.2, 0) is 11.3 Å². The highest BCUT2D eigenvalue weighted by Crippen LogP contribution is 2.36. The summed E-state index contributed by atoms with van der Waals surface area (Å²) in [5.74, 6) is 0.755. The molecule has 2 aromatic carbocycles. The summed E-state index contributed by atoms with van der Waals surface area (Å²) in [6.45, 7) is 2.52. The second kappa shape index (κ2) is 5.22. The molecule has 3 rings (SSSR count). The van der Waals surface area contributed by atoms with E-state index in [9.17, 15) is 4.79 Å². The molecule has 2 N–H and O–H groups in total. The predicted molar refractivity (Wildman–Crippen MR) is 82.3 cm³/mol. The monoisotopic (exact) mass is 282 g/mol. The normalized spacial score (nSPS) is 17.0. The number of benzene rings is 2. The molecule has 21 heavy (non-hydrogen) atoms. The van der Waals surface area contributed by atoms with Crippen LogP contribution in [0, 0.1) is 6.92 Å². The molecule has 1 aliphatic heterocycles. The zero-order valence-corrected chi connectivity index (χ0v) is 12.2. The lowest BCUT2D eigenvalue weighted by molar-refractivity contribution is -0.119. The van der Waals surface area contributed by atoms with Gasteiger partial charge in [0, 0.05) is 11.3 Å². The van der Waals surface area contributed by atoms with E-state index in [2.05, 4.69) is 0 Å². The molecule has 4 nitrogen and oxygen atoms in total. The van der Waals surface area contributed by atoms with E-state index in [4.69, 9.17) is 10.5 Å². The van der Waals surface area contributed by atoms with Crippen molar-refractivity contribution in [2.75, 3.05) is 12.0 Å². The largest absolute Gasteiger partial charge is 0.497 e. The average Bonchev–Trinajstić information content (AvgIpc) is 2.73. The van der Waals surface area contributed by atoms with Gasteiger partial charge in [0.1, 0.15) is 11.8 Å². The Morgan fingerprint density at radius 1 is 1.19 bits per heavy atom. The van der Waals surface area contributed by atoms with Gasteiger partial charge >= 0.3 is 0 Å². The number of anilines is 1. The zero-order chi connectivity index (χ0) is 15.0. The van der Waals surface area contributed by atoms with Gasteiger partial charge in [-0.05, 0) is 30.7 Å². The van der Waals surface area contributed by atoms with Crippen molar-refractivity contribution in [3.05, 3.63) is 59.2 Å². The van der Waals surface area contributed by atoms with Crippen molar-refractivity contribution in [1.82, 2.24) is 0 Å². The third-order valence-corrected chi connectivity index (χ3v) is 3.84. The molecule has 1 atom stereocenters. The van der Waals surface area contributed by atoms with Crippen molar-refractivity contribution < 1.29 is 9.53 Å². The van der Waals surface area contributed by atoms with Gasteiger partial charge in [-0.2, -0.15) is 0 Å². The lowest BCUT2D eigenvalue weighted by atomic mass is 10.1. The van der Waals surface area contributed by atoms with Crippen molar-refractivity contribution >= 4 is 11.6 Å². The number of rotatable bonds is 3. The number of ether oxygens (including phenoxy) is 1. The quantitative estimate of drug-likeness (QED) is 0.941. The van der Waals surface area contributed by atoms with Crippen LogP contribution in [0.1, 0.15) is 22.7 Å². The number of methoxy groups -OCH3 is 1. The second-order valence-electron chi connectivity index (χ2n) is 5.31. The third kappa shape index (κ3) is 2.38. The first-order chi connectivity index (χ1) is 10.1. The molecule has 0 saturated carbocycles. The van der Waals surface area contributed by atoms with Crippen molar-refractivity contribution in [2.45, 2.75) is 19.5 Å². The van der Waals surface area contributed by atoms with Crippen LogP contribution >= 0.6 is 0 Å². The van der Waals surface area contributed by atoms with Crippen LogP contribution in [0.2, 0.25) is 0 Å². The Morgan fingerprint density at radius 3 is 2.57 bits per heavy atom. The summed E-state index contributed by atoms with van der Waals surface area (Å²) in [7, 11) is 1.64. The number of amides is 1.